The number of rotatable bonds is 3. The van der Waals surface area contributed by atoms with Crippen molar-refractivity contribution in [3.05, 3.63) is 47.8 Å². The molecule has 3 aromatic rings. The number of carbonyl (C=O) groups excluding carboxylic acids is 1. The van der Waals surface area contributed by atoms with Gasteiger partial charge in [0.15, 0.2) is 5.69 Å². The Hall–Kier alpha value is -3.17. The van der Waals surface area contributed by atoms with Crippen molar-refractivity contribution in [1.82, 2.24) is 25.3 Å². The molecule has 0 aliphatic rings. The van der Waals surface area contributed by atoms with Crippen LogP contribution < -0.4 is 11.1 Å². The van der Waals surface area contributed by atoms with Gasteiger partial charge in [-0.2, -0.15) is 13.2 Å². The van der Waals surface area contributed by atoms with Crippen LogP contribution in [0.2, 0.25) is 0 Å². The Kier molecular flexibility index (Phi) is 3.80. The van der Waals surface area contributed by atoms with Crippen LogP contribution in [0.1, 0.15) is 21.7 Å². The molecule has 0 bridgehead atoms. The molecule has 3 rings (SSSR count). The smallest absolute Gasteiger partial charge is 0.396 e. The highest BCUT2D eigenvalue weighted by molar-refractivity contribution is 6.05. The molecule has 0 radical (unpaired) electrons. The molecule has 0 atom stereocenters. The van der Waals surface area contributed by atoms with Crippen LogP contribution in [0.4, 0.5) is 18.9 Å². The van der Waals surface area contributed by atoms with Crippen molar-refractivity contribution in [2.24, 2.45) is 0 Å². The molecule has 0 spiro atoms. The van der Waals surface area contributed by atoms with E-state index in [2.05, 4.69) is 25.3 Å². The van der Waals surface area contributed by atoms with Crippen molar-refractivity contribution < 1.29 is 18.0 Å². The number of aromatic nitrogens is 4. The topological polar surface area (TPSA) is 110 Å². The van der Waals surface area contributed by atoms with E-state index in [-0.39, 0.29) is 17.8 Å². The summed E-state index contributed by atoms with van der Waals surface area (Å²) in [6.45, 7) is -0.105. The lowest BCUT2D eigenvalue weighted by Crippen LogP contribution is -2.24. The van der Waals surface area contributed by atoms with Crippen molar-refractivity contribution in [2.75, 3.05) is 5.73 Å². The Morgan fingerprint density at radius 1 is 1.29 bits per heavy atom. The lowest BCUT2D eigenvalue weighted by Gasteiger charge is -2.09. The zero-order valence-electron chi connectivity index (χ0n) is 12.1. The van der Waals surface area contributed by atoms with E-state index < -0.39 is 17.8 Å². The number of pyridine rings is 1. The van der Waals surface area contributed by atoms with Gasteiger partial charge in [-0.05, 0) is 17.7 Å². The number of hydrogen-bond donors (Lipinski definition) is 3. The van der Waals surface area contributed by atoms with Gasteiger partial charge in [0.25, 0.3) is 5.91 Å². The number of fused-ring (bicyclic) bond motifs is 1. The summed E-state index contributed by atoms with van der Waals surface area (Å²) in [4.78, 5) is 26.1. The fourth-order valence-corrected chi connectivity index (χ4v) is 2.14. The molecule has 24 heavy (non-hydrogen) atoms. The average Bonchev–Trinajstić information content (AvgIpc) is 2.93. The van der Waals surface area contributed by atoms with E-state index in [4.69, 9.17) is 5.73 Å². The molecule has 0 aliphatic heterocycles. The first-order valence-corrected chi connectivity index (χ1v) is 6.74. The number of nitrogens with zero attached hydrogens (tertiary/aromatic N) is 3. The van der Waals surface area contributed by atoms with Gasteiger partial charge in [-0.3, -0.25) is 9.78 Å². The molecule has 0 fully saturated rings. The van der Waals surface area contributed by atoms with Gasteiger partial charge in [0.05, 0.1) is 11.2 Å². The Balaban J connectivity index is 1.78. The molecular weight excluding hydrogens is 325 g/mol. The van der Waals surface area contributed by atoms with Crippen LogP contribution in [0.25, 0.3) is 11.0 Å². The molecule has 0 unspecified atom stereocenters. The third-order valence-electron chi connectivity index (χ3n) is 3.28. The third kappa shape index (κ3) is 2.98. The lowest BCUT2D eigenvalue weighted by molar-refractivity contribution is -0.141. The monoisotopic (exact) mass is 336 g/mol. The summed E-state index contributed by atoms with van der Waals surface area (Å²) in [7, 11) is 0. The summed E-state index contributed by atoms with van der Waals surface area (Å²) in [5, 5.41) is 2.51. The second-order valence-electron chi connectivity index (χ2n) is 4.92. The van der Waals surface area contributed by atoms with E-state index >= 15 is 0 Å². The molecule has 10 heteroatoms. The number of H-pyrrole nitrogens is 1. The highest BCUT2D eigenvalue weighted by atomic mass is 19.4. The van der Waals surface area contributed by atoms with E-state index in [1.807, 2.05) is 0 Å². The minimum absolute atomic E-state index is 0.0572. The van der Waals surface area contributed by atoms with Gasteiger partial charge in [-0.25, -0.2) is 9.97 Å². The molecule has 3 heterocycles. The van der Waals surface area contributed by atoms with Crippen LogP contribution in [-0.4, -0.2) is 25.8 Å². The lowest BCUT2D eigenvalue weighted by atomic mass is 10.2. The van der Waals surface area contributed by atoms with Gasteiger partial charge in [0, 0.05) is 18.9 Å². The van der Waals surface area contributed by atoms with Gasteiger partial charge < -0.3 is 16.0 Å². The minimum atomic E-state index is -4.54. The van der Waals surface area contributed by atoms with Crippen LogP contribution in [0, 0.1) is 0 Å². The first-order chi connectivity index (χ1) is 11.4. The van der Waals surface area contributed by atoms with Crippen molar-refractivity contribution in [3.63, 3.8) is 0 Å². The number of nitrogens with one attached hydrogen (secondary N) is 2. The summed E-state index contributed by atoms with van der Waals surface area (Å²) >= 11 is 0. The normalized spacial score (nSPS) is 11.6. The number of nitrogen functional groups attached to an aromatic ring is 1. The standard InChI is InChI=1S/C14H11F3N6O/c15-14(16,17)9-3-7(1-2-19-9)4-21-13(24)12-11-10(22-6-23-12)8(18)5-20-11/h1-3,5-6,20H,4,18H2,(H,21,24). The molecule has 7 nitrogen and oxygen atoms in total. The zero-order valence-corrected chi connectivity index (χ0v) is 12.1. The van der Waals surface area contributed by atoms with Gasteiger partial charge in [0.1, 0.15) is 17.5 Å². The van der Waals surface area contributed by atoms with Crippen molar-refractivity contribution in [1.29, 1.82) is 0 Å². The Morgan fingerprint density at radius 2 is 2.08 bits per heavy atom. The van der Waals surface area contributed by atoms with E-state index in [1.165, 1.54) is 18.6 Å². The summed E-state index contributed by atoms with van der Waals surface area (Å²) in [5.74, 6) is -0.561. The molecule has 3 aromatic heterocycles. The largest absolute Gasteiger partial charge is 0.433 e. The van der Waals surface area contributed by atoms with E-state index in [0.29, 0.717) is 16.7 Å². The Bertz CT molecular complexity index is 905. The quantitative estimate of drug-likeness (QED) is 0.676. The van der Waals surface area contributed by atoms with Crippen molar-refractivity contribution >= 4 is 22.6 Å². The van der Waals surface area contributed by atoms with Crippen LogP contribution in [0.5, 0.6) is 0 Å². The number of alkyl halides is 3. The van der Waals surface area contributed by atoms with E-state index in [1.54, 1.807) is 0 Å². The molecule has 0 saturated carbocycles. The number of aromatic amines is 1. The maximum absolute atomic E-state index is 12.6. The zero-order chi connectivity index (χ0) is 17.3. The van der Waals surface area contributed by atoms with Crippen LogP contribution >= 0.6 is 0 Å². The maximum atomic E-state index is 12.6. The molecule has 4 N–H and O–H groups in total. The van der Waals surface area contributed by atoms with Gasteiger partial charge in [0.2, 0.25) is 0 Å². The van der Waals surface area contributed by atoms with Crippen molar-refractivity contribution in [2.45, 2.75) is 12.7 Å². The average molecular weight is 336 g/mol. The molecule has 0 aromatic carbocycles. The molecule has 0 saturated heterocycles. The van der Waals surface area contributed by atoms with Crippen LogP contribution in [0.3, 0.4) is 0 Å². The number of halogens is 3. The third-order valence-corrected chi connectivity index (χ3v) is 3.28. The predicted molar refractivity (Wildman–Crippen MR) is 78.7 cm³/mol. The molecule has 1 amide bonds. The SMILES string of the molecule is Nc1c[nH]c2c(C(=O)NCc3ccnc(C(F)(F)F)c3)ncnc12. The van der Waals surface area contributed by atoms with Gasteiger partial charge >= 0.3 is 6.18 Å². The molecular formula is C14H11F3N6O. The maximum Gasteiger partial charge on any atom is 0.433 e. The van der Waals surface area contributed by atoms with E-state index in [0.717, 1.165) is 12.3 Å². The first-order valence-electron chi connectivity index (χ1n) is 6.74. The van der Waals surface area contributed by atoms with Gasteiger partial charge in [-0.15, -0.1) is 0 Å². The second-order valence-corrected chi connectivity index (χ2v) is 4.92. The summed E-state index contributed by atoms with van der Waals surface area (Å²) in [6.07, 6.45) is -0.830. The van der Waals surface area contributed by atoms with Gasteiger partial charge in [-0.1, -0.05) is 0 Å². The second kappa shape index (κ2) is 5.80. The Labute approximate surface area is 133 Å². The number of carbonyl (C=O) groups is 1. The fourth-order valence-electron chi connectivity index (χ4n) is 2.14. The molecule has 124 valence electrons. The highest BCUT2D eigenvalue weighted by Crippen LogP contribution is 2.27. The number of hydrogen-bond acceptors (Lipinski definition) is 5. The highest BCUT2D eigenvalue weighted by Gasteiger charge is 2.32. The fraction of sp³-hybridized carbons (Fsp3) is 0.143. The molecule has 0 aliphatic carbocycles. The predicted octanol–water partition coefficient (Wildman–Crippen LogP) is 1.88. The summed E-state index contributed by atoms with van der Waals surface area (Å²) < 4.78 is 37.9. The first kappa shape index (κ1) is 15.7. The summed E-state index contributed by atoms with van der Waals surface area (Å²) in [5.41, 5.74) is 6.13. The Morgan fingerprint density at radius 3 is 2.83 bits per heavy atom. The van der Waals surface area contributed by atoms with Crippen molar-refractivity contribution in [3.8, 4) is 0 Å². The number of amides is 1. The van der Waals surface area contributed by atoms with Crippen LogP contribution in [-0.2, 0) is 12.7 Å². The van der Waals surface area contributed by atoms with E-state index in [9.17, 15) is 18.0 Å². The van der Waals surface area contributed by atoms with Crippen LogP contribution in [0.15, 0.2) is 30.9 Å². The number of nitrogens with two attached hydrogens (primary N) is 1. The number of anilines is 1. The minimum Gasteiger partial charge on any atom is -0.396 e. The summed E-state index contributed by atoms with van der Waals surface area (Å²) in [6, 6.07) is 2.26.